The maximum absolute atomic E-state index is 5.06. The molecule has 1 aliphatic heterocycles. The maximum Gasteiger partial charge on any atom is 0.213 e. The van der Waals surface area contributed by atoms with Gasteiger partial charge in [-0.3, -0.25) is 0 Å². The molecule has 0 radical (unpaired) electrons. The second-order valence-electron chi connectivity index (χ2n) is 5.21. The van der Waals surface area contributed by atoms with Crippen molar-refractivity contribution in [2.45, 2.75) is 26.7 Å². The zero-order valence-corrected chi connectivity index (χ0v) is 10.4. The SMILES string of the molecule is COc1ccc(N2CCC(C)(C)CC2)cn1. The van der Waals surface area contributed by atoms with Crippen LogP contribution in [0.4, 0.5) is 5.69 Å². The monoisotopic (exact) mass is 220 g/mol. The van der Waals surface area contributed by atoms with Gasteiger partial charge in [-0.1, -0.05) is 13.8 Å². The Bertz CT molecular complexity index is 335. The first-order chi connectivity index (χ1) is 7.61. The Balaban J connectivity index is 2.03. The van der Waals surface area contributed by atoms with Gasteiger partial charge in [0.15, 0.2) is 0 Å². The van der Waals surface area contributed by atoms with Crippen LogP contribution >= 0.6 is 0 Å². The fraction of sp³-hybridized carbons (Fsp3) is 0.615. The van der Waals surface area contributed by atoms with Crippen LogP contribution < -0.4 is 9.64 Å². The molecule has 0 aromatic carbocycles. The molecule has 1 aromatic rings. The van der Waals surface area contributed by atoms with Gasteiger partial charge in [0.25, 0.3) is 0 Å². The van der Waals surface area contributed by atoms with Crippen molar-refractivity contribution in [1.29, 1.82) is 0 Å². The normalized spacial score (nSPS) is 19.6. The second kappa shape index (κ2) is 4.32. The Morgan fingerprint density at radius 3 is 2.44 bits per heavy atom. The van der Waals surface area contributed by atoms with Gasteiger partial charge in [0.2, 0.25) is 5.88 Å². The summed E-state index contributed by atoms with van der Waals surface area (Å²) in [7, 11) is 1.64. The number of ether oxygens (including phenoxy) is 1. The summed E-state index contributed by atoms with van der Waals surface area (Å²) >= 11 is 0. The quantitative estimate of drug-likeness (QED) is 0.766. The van der Waals surface area contributed by atoms with E-state index in [0.717, 1.165) is 13.1 Å². The zero-order valence-electron chi connectivity index (χ0n) is 10.4. The Kier molecular flexibility index (Phi) is 3.03. The number of aromatic nitrogens is 1. The average Bonchev–Trinajstić information content (AvgIpc) is 2.29. The summed E-state index contributed by atoms with van der Waals surface area (Å²) in [5.74, 6) is 0.682. The minimum Gasteiger partial charge on any atom is -0.481 e. The largest absolute Gasteiger partial charge is 0.481 e. The molecule has 0 spiro atoms. The van der Waals surface area contributed by atoms with E-state index < -0.39 is 0 Å². The summed E-state index contributed by atoms with van der Waals surface area (Å²) in [6.45, 7) is 6.94. The summed E-state index contributed by atoms with van der Waals surface area (Å²) < 4.78 is 5.06. The molecule has 0 atom stereocenters. The minimum absolute atomic E-state index is 0.496. The van der Waals surface area contributed by atoms with Crippen LogP contribution in [0.5, 0.6) is 5.88 Å². The van der Waals surface area contributed by atoms with E-state index in [2.05, 4.69) is 29.8 Å². The smallest absolute Gasteiger partial charge is 0.213 e. The molecule has 2 rings (SSSR count). The lowest BCUT2D eigenvalue weighted by molar-refractivity contribution is 0.279. The van der Waals surface area contributed by atoms with Gasteiger partial charge in [0.1, 0.15) is 0 Å². The van der Waals surface area contributed by atoms with Crippen molar-refractivity contribution in [3.8, 4) is 5.88 Å². The number of anilines is 1. The first-order valence-corrected chi connectivity index (χ1v) is 5.86. The molecule has 3 nitrogen and oxygen atoms in total. The van der Waals surface area contributed by atoms with Crippen LogP contribution in [-0.2, 0) is 0 Å². The lowest BCUT2D eigenvalue weighted by atomic mass is 9.82. The van der Waals surface area contributed by atoms with Gasteiger partial charge in [-0.05, 0) is 24.3 Å². The van der Waals surface area contributed by atoms with E-state index in [1.54, 1.807) is 7.11 Å². The van der Waals surface area contributed by atoms with Crippen LogP contribution in [0.3, 0.4) is 0 Å². The fourth-order valence-corrected chi connectivity index (χ4v) is 2.05. The summed E-state index contributed by atoms with van der Waals surface area (Å²) in [5.41, 5.74) is 1.70. The number of hydrogen-bond acceptors (Lipinski definition) is 3. The molecule has 3 heteroatoms. The number of piperidine rings is 1. The van der Waals surface area contributed by atoms with Crippen molar-refractivity contribution < 1.29 is 4.74 Å². The molecule has 16 heavy (non-hydrogen) atoms. The molecule has 0 bridgehead atoms. The van der Waals surface area contributed by atoms with Crippen LogP contribution in [0.15, 0.2) is 18.3 Å². The molecule has 1 fully saturated rings. The van der Waals surface area contributed by atoms with E-state index in [-0.39, 0.29) is 0 Å². The standard InChI is InChI=1S/C13H20N2O/c1-13(2)6-8-15(9-7-13)11-4-5-12(16-3)14-10-11/h4-5,10H,6-9H2,1-3H3. The van der Waals surface area contributed by atoms with Gasteiger partial charge >= 0.3 is 0 Å². The Hall–Kier alpha value is -1.25. The minimum atomic E-state index is 0.496. The third kappa shape index (κ3) is 2.46. The van der Waals surface area contributed by atoms with Crippen LogP contribution in [0.1, 0.15) is 26.7 Å². The van der Waals surface area contributed by atoms with Gasteiger partial charge in [0.05, 0.1) is 19.0 Å². The molecule has 0 amide bonds. The summed E-state index contributed by atoms with van der Waals surface area (Å²) in [6, 6.07) is 4.01. The number of methoxy groups -OCH3 is 1. The van der Waals surface area contributed by atoms with E-state index >= 15 is 0 Å². The molecule has 1 aliphatic rings. The number of hydrogen-bond donors (Lipinski definition) is 0. The van der Waals surface area contributed by atoms with Crippen LogP contribution in [0, 0.1) is 5.41 Å². The van der Waals surface area contributed by atoms with Gasteiger partial charge < -0.3 is 9.64 Å². The van der Waals surface area contributed by atoms with Gasteiger partial charge in [0, 0.05) is 19.2 Å². The summed E-state index contributed by atoms with van der Waals surface area (Å²) in [5, 5.41) is 0. The number of nitrogens with zero attached hydrogens (tertiary/aromatic N) is 2. The van der Waals surface area contributed by atoms with Crippen molar-refractivity contribution in [1.82, 2.24) is 4.98 Å². The first kappa shape index (κ1) is 11.2. The van der Waals surface area contributed by atoms with Gasteiger partial charge in [-0.2, -0.15) is 0 Å². The van der Waals surface area contributed by atoms with Gasteiger partial charge in [-0.25, -0.2) is 4.98 Å². The van der Waals surface area contributed by atoms with Crippen molar-refractivity contribution in [2.75, 3.05) is 25.1 Å². The molecule has 0 unspecified atom stereocenters. The van der Waals surface area contributed by atoms with Crippen LogP contribution in [0.25, 0.3) is 0 Å². The zero-order chi connectivity index (χ0) is 11.6. The molecule has 1 saturated heterocycles. The second-order valence-corrected chi connectivity index (χ2v) is 5.21. The Morgan fingerprint density at radius 2 is 1.94 bits per heavy atom. The fourth-order valence-electron chi connectivity index (χ4n) is 2.05. The molecular weight excluding hydrogens is 200 g/mol. The third-order valence-corrected chi connectivity index (χ3v) is 3.41. The van der Waals surface area contributed by atoms with Gasteiger partial charge in [-0.15, -0.1) is 0 Å². The molecular formula is C13H20N2O. The lowest BCUT2D eigenvalue weighted by Gasteiger charge is -2.38. The maximum atomic E-state index is 5.06. The topological polar surface area (TPSA) is 25.4 Å². The number of rotatable bonds is 2. The highest BCUT2D eigenvalue weighted by atomic mass is 16.5. The highest BCUT2D eigenvalue weighted by Crippen LogP contribution is 2.32. The molecule has 0 aliphatic carbocycles. The van der Waals surface area contributed by atoms with Crippen LogP contribution in [-0.4, -0.2) is 25.2 Å². The molecule has 0 saturated carbocycles. The molecule has 88 valence electrons. The highest BCUT2D eigenvalue weighted by molar-refractivity contribution is 5.45. The van der Waals surface area contributed by atoms with E-state index in [9.17, 15) is 0 Å². The van der Waals surface area contributed by atoms with Crippen molar-refractivity contribution in [2.24, 2.45) is 5.41 Å². The van der Waals surface area contributed by atoms with Crippen molar-refractivity contribution >= 4 is 5.69 Å². The van der Waals surface area contributed by atoms with Crippen molar-refractivity contribution in [3.05, 3.63) is 18.3 Å². The van der Waals surface area contributed by atoms with E-state index in [1.807, 2.05) is 12.3 Å². The predicted molar refractivity (Wildman–Crippen MR) is 66.0 cm³/mol. The average molecular weight is 220 g/mol. The van der Waals surface area contributed by atoms with E-state index in [1.165, 1.54) is 18.5 Å². The predicted octanol–water partition coefficient (Wildman–Crippen LogP) is 2.72. The Labute approximate surface area is 97.4 Å². The summed E-state index contributed by atoms with van der Waals surface area (Å²) in [4.78, 5) is 6.65. The van der Waals surface area contributed by atoms with Crippen LogP contribution in [0.2, 0.25) is 0 Å². The van der Waals surface area contributed by atoms with E-state index in [4.69, 9.17) is 4.74 Å². The molecule has 2 heterocycles. The molecule has 1 aromatic heterocycles. The first-order valence-electron chi connectivity index (χ1n) is 5.86. The van der Waals surface area contributed by atoms with Crippen molar-refractivity contribution in [3.63, 3.8) is 0 Å². The summed E-state index contributed by atoms with van der Waals surface area (Å²) in [6.07, 6.45) is 4.40. The molecule has 0 N–H and O–H groups in total. The van der Waals surface area contributed by atoms with E-state index in [0.29, 0.717) is 11.3 Å². The lowest BCUT2D eigenvalue weighted by Crippen LogP contribution is -2.37. The Morgan fingerprint density at radius 1 is 1.25 bits per heavy atom. The number of pyridine rings is 1. The highest BCUT2D eigenvalue weighted by Gasteiger charge is 2.25. The third-order valence-electron chi connectivity index (χ3n) is 3.41.